The Bertz CT molecular complexity index is 1220. The summed E-state index contributed by atoms with van der Waals surface area (Å²) >= 11 is 0. The zero-order valence-electron chi connectivity index (χ0n) is 19.1. The molecular formula is C24H23F4N3O4. The van der Waals surface area contributed by atoms with Crippen LogP contribution in [-0.2, 0) is 19.4 Å². The lowest BCUT2D eigenvalue weighted by molar-refractivity contribution is 0.0172. The van der Waals surface area contributed by atoms with E-state index < -0.39 is 36.7 Å². The van der Waals surface area contributed by atoms with Crippen molar-refractivity contribution in [2.45, 2.75) is 38.7 Å². The predicted molar refractivity (Wildman–Crippen MR) is 118 cm³/mol. The molecule has 1 atom stereocenters. The molecule has 0 aliphatic carbocycles. The van der Waals surface area contributed by atoms with Crippen molar-refractivity contribution in [2.24, 2.45) is 7.05 Å². The molecule has 0 saturated heterocycles. The maximum absolute atomic E-state index is 13.7. The lowest BCUT2D eigenvalue weighted by Crippen LogP contribution is -2.28. The van der Waals surface area contributed by atoms with Crippen LogP contribution in [0.5, 0.6) is 11.6 Å². The summed E-state index contributed by atoms with van der Waals surface area (Å²) in [6, 6.07) is 10.2. The van der Waals surface area contributed by atoms with Gasteiger partial charge in [0.05, 0.1) is 23.7 Å². The number of aryl methyl sites for hydroxylation is 1. The Morgan fingerprint density at radius 3 is 2.40 bits per heavy atom. The fourth-order valence-corrected chi connectivity index (χ4v) is 3.41. The Balaban J connectivity index is 1.93. The summed E-state index contributed by atoms with van der Waals surface area (Å²) in [7, 11) is 1.38. The molecule has 1 amide bonds. The van der Waals surface area contributed by atoms with Gasteiger partial charge in [-0.1, -0.05) is 24.3 Å². The number of amides is 1. The zero-order chi connectivity index (χ0) is 25.9. The highest BCUT2D eigenvalue weighted by Gasteiger charge is 2.29. The minimum absolute atomic E-state index is 0.0259. The lowest BCUT2D eigenvalue weighted by Gasteiger charge is -2.16. The van der Waals surface area contributed by atoms with Crippen LogP contribution >= 0.6 is 0 Å². The van der Waals surface area contributed by atoms with Crippen LogP contribution in [0.15, 0.2) is 48.5 Å². The van der Waals surface area contributed by atoms with Gasteiger partial charge < -0.3 is 15.2 Å². The minimum atomic E-state index is -3.14. The van der Waals surface area contributed by atoms with E-state index in [2.05, 4.69) is 10.4 Å². The molecule has 0 aliphatic rings. The van der Waals surface area contributed by atoms with E-state index in [9.17, 15) is 27.2 Å². The molecule has 1 heterocycles. The molecule has 11 heteroatoms. The molecule has 3 rings (SSSR count). The number of hydrogen-bond acceptors (Lipinski definition) is 4. The van der Waals surface area contributed by atoms with E-state index in [0.717, 1.165) is 17.7 Å². The van der Waals surface area contributed by atoms with Crippen LogP contribution in [0, 0.1) is 0 Å². The van der Waals surface area contributed by atoms with E-state index >= 15 is 0 Å². The van der Waals surface area contributed by atoms with Gasteiger partial charge in [-0.3, -0.25) is 4.79 Å². The summed E-state index contributed by atoms with van der Waals surface area (Å²) in [4.78, 5) is 24.2. The number of carbonyl (C=O) groups excluding carboxylic acids is 1. The van der Waals surface area contributed by atoms with Crippen LogP contribution in [0.25, 0.3) is 0 Å². The molecule has 35 heavy (non-hydrogen) atoms. The van der Waals surface area contributed by atoms with Crippen molar-refractivity contribution in [3.63, 3.8) is 0 Å². The van der Waals surface area contributed by atoms with Crippen LogP contribution in [0.4, 0.5) is 17.6 Å². The summed E-state index contributed by atoms with van der Waals surface area (Å²) in [6.07, 6.45) is -3.62. The number of alkyl halides is 4. The maximum atomic E-state index is 13.7. The summed E-state index contributed by atoms with van der Waals surface area (Å²) in [5, 5.41) is 15.7. The lowest BCUT2D eigenvalue weighted by atomic mass is 10.1. The number of carboxylic acids is 1. The molecule has 0 fully saturated rings. The largest absolute Gasteiger partial charge is 0.478 e. The molecule has 0 aliphatic heterocycles. The van der Waals surface area contributed by atoms with Crippen LogP contribution in [0.1, 0.15) is 57.4 Å². The average molecular weight is 493 g/mol. The number of aromatic carboxylic acids is 1. The molecule has 3 aromatic rings. The molecule has 1 unspecified atom stereocenters. The van der Waals surface area contributed by atoms with Gasteiger partial charge in [-0.25, -0.2) is 27.0 Å². The van der Waals surface area contributed by atoms with Gasteiger partial charge in [0.25, 0.3) is 11.8 Å². The van der Waals surface area contributed by atoms with Gasteiger partial charge in [0.1, 0.15) is 11.3 Å². The van der Waals surface area contributed by atoms with Crippen LogP contribution in [0.2, 0.25) is 0 Å². The monoisotopic (exact) mass is 493 g/mol. The van der Waals surface area contributed by atoms with Crippen molar-refractivity contribution in [3.05, 3.63) is 76.5 Å². The third-order valence-electron chi connectivity index (χ3n) is 5.20. The number of aromatic nitrogens is 2. The fourth-order valence-electron chi connectivity index (χ4n) is 3.41. The highest BCUT2D eigenvalue weighted by Crippen LogP contribution is 2.33. The molecule has 7 nitrogen and oxygen atoms in total. The molecule has 0 bridgehead atoms. The summed E-state index contributed by atoms with van der Waals surface area (Å²) in [5.41, 5.74) is -0.164. The number of carbonyl (C=O) groups is 2. The summed E-state index contributed by atoms with van der Waals surface area (Å²) in [5.74, 6) is -5.23. The summed E-state index contributed by atoms with van der Waals surface area (Å²) in [6.45, 7) is 2.35. The normalized spacial score (nSPS) is 12.5. The number of benzene rings is 2. The molecule has 0 spiro atoms. The molecule has 0 radical (unpaired) electrons. The number of nitrogens with zero attached hydrogens (tertiary/aromatic N) is 2. The number of hydrogen-bond donors (Lipinski definition) is 2. The van der Waals surface area contributed by atoms with Crippen molar-refractivity contribution < 1.29 is 37.0 Å². The van der Waals surface area contributed by atoms with E-state index in [4.69, 9.17) is 9.84 Å². The Labute approximate surface area is 198 Å². The molecule has 0 saturated carbocycles. The molecule has 2 N–H and O–H groups in total. The second-order valence-corrected chi connectivity index (χ2v) is 7.99. The van der Waals surface area contributed by atoms with Crippen molar-refractivity contribution in [2.75, 3.05) is 0 Å². The van der Waals surface area contributed by atoms with E-state index in [1.807, 2.05) is 0 Å². The fraction of sp³-hybridized carbons (Fsp3) is 0.292. The Morgan fingerprint density at radius 2 is 1.83 bits per heavy atom. The smallest absolute Gasteiger partial charge is 0.335 e. The highest BCUT2D eigenvalue weighted by atomic mass is 19.3. The van der Waals surface area contributed by atoms with Gasteiger partial charge in [0.2, 0.25) is 12.3 Å². The summed E-state index contributed by atoms with van der Waals surface area (Å²) < 4.78 is 60.6. The third-order valence-corrected chi connectivity index (χ3v) is 5.20. The van der Waals surface area contributed by atoms with Gasteiger partial charge in [-0.2, -0.15) is 5.10 Å². The first kappa shape index (κ1) is 25.7. The molecule has 186 valence electrons. The van der Waals surface area contributed by atoms with E-state index in [1.54, 1.807) is 6.92 Å². The van der Waals surface area contributed by atoms with Gasteiger partial charge in [-0.15, -0.1) is 0 Å². The molecule has 1 aromatic heterocycles. The molecular weight excluding hydrogens is 470 g/mol. The number of halogens is 4. The first-order chi connectivity index (χ1) is 16.4. The third kappa shape index (κ3) is 6.17. The quantitative estimate of drug-likeness (QED) is 0.394. The minimum Gasteiger partial charge on any atom is -0.478 e. The molecule has 2 aromatic carbocycles. The first-order valence-electron chi connectivity index (χ1n) is 10.5. The number of rotatable bonds is 9. The van der Waals surface area contributed by atoms with E-state index in [-0.39, 0.29) is 34.0 Å². The topological polar surface area (TPSA) is 93.5 Å². The first-order valence-corrected chi connectivity index (χ1v) is 10.5. The average Bonchev–Trinajstić information content (AvgIpc) is 3.07. The van der Waals surface area contributed by atoms with Gasteiger partial charge in [-0.05, 0) is 36.8 Å². The Kier molecular flexibility index (Phi) is 7.47. The van der Waals surface area contributed by atoms with Crippen molar-refractivity contribution in [1.29, 1.82) is 0 Å². The van der Waals surface area contributed by atoms with Gasteiger partial charge in [0.15, 0.2) is 0 Å². The predicted octanol–water partition coefficient (Wildman–Crippen LogP) is 5.32. The van der Waals surface area contributed by atoms with Crippen molar-refractivity contribution in [3.8, 4) is 11.6 Å². The maximum Gasteiger partial charge on any atom is 0.335 e. The Hall–Kier alpha value is -3.89. The van der Waals surface area contributed by atoms with Crippen molar-refractivity contribution in [1.82, 2.24) is 15.1 Å². The van der Waals surface area contributed by atoms with Crippen LogP contribution in [0.3, 0.4) is 0 Å². The standard InChI is InChI=1S/C24H23F4N3O4/c1-13(14-7-9-15(10-8-14)23(33)34)29-21(32)20-18(12-19(25)26)30-31(3)22(20)35-17-6-4-5-16(11-17)24(2,27)28/h4-11,13,19H,12H2,1-3H3,(H,29,32)(H,33,34). The van der Waals surface area contributed by atoms with Crippen LogP contribution in [-0.4, -0.2) is 33.2 Å². The zero-order valence-corrected chi connectivity index (χ0v) is 19.1. The Morgan fingerprint density at radius 1 is 1.17 bits per heavy atom. The number of nitrogens with one attached hydrogen (secondary N) is 1. The second-order valence-electron chi connectivity index (χ2n) is 7.99. The van der Waals surface area contributed by atoms with Gasteiger partial charge >= 0.3 is 5.97 Å². The van der Waals surface area contributed by atoms with Gasteiger partial charge in [0, 0.05) is 19.5 Å². The van der Waals surface area contributed by atoms with E-state index in [0.29, 0.717) is 5.56 Å². The van der Waals surface area contributed by atoms with E-state index in [1.165, 1.54) is 49.5 Å². The second kappa shape index (κ2) is 10.2. The number of ether oxygens (including phenoxy) is 1. The van der Waals surface area contributed by atoms with Crippen LogP contribution < -0.4 is 10.1 Å². The number of carboxylic acid groups (broad SMARTS) is 1. The van der Waals surface area contributed by atoms with Crippen molar-refractivity contribution >= 4 is 11.9 Å². The SMILES string of the molecule is CC(NC(=O)c1c(CC(F)F)nn(C)c1Oc1cccc(C(C)(F)F)c1)c1ccc(C(=O)O)cc1. The highest BCUT2D eigenvalue weighted by molar-refractivity contribution is 5.98.